The van der Waals surface area contributed by atoms with Crippen molar-refractivity contribution in [2.24, 2.45) is 11.8 Å². The Labute approximate surface area is 164 Å². The zero-order valence-electron chi connectivity index (χ0n) is 12.3. The number of pyridine rings is 1. The maximum atomic E-state index is 12.1. The number of rotatable bonds is 3. The van der Waals surface area contributed by atoms with E-state index < -0.39 is 8.50 Å². The number of carbonyl (C=O) groups is 2. The topological polar surface area (TPSA) is 50.3 Å². The van der Waals surface area contributed by atoms with Crippen LogP contribution in [0.2, 0.25) is 0 Å². The molecule has 2 atom stereocenters. The molecule has 130 valence electrons. The predicted molar refractivity (Wildman–Crippen MR) is 99.0 cm³/mol. The quantitative estimate of drug-likeness (QED) is 0.306. The summed E-state index contributed by atoms with van der Waals surface area (Å²) in [6.45, 7) is 0. The number of aromatic nitrogens is 1. The molecule has 0 aromatic carbocycles. The number of halogens is 4. The van der Waals surface area contributed by atoms with Gasteiger partial charge in [0.2, 0.25) is 15.5 Å². The predicted octanol–water partition coefficient (Wildman–Crippen LogP) is 4.60. The highest BCUT2D eigenvalue weighted by Gasteiger charge is 2.51. The summed E-state index contributed by atoms with van der Waals surface area (Å²) in [5, 5.41) is 0. The van der Waals surface area contributed by atoms with Gasteiger partial charge in [-0.2, -0.15) is 0 Å². The van der Waals surface area contributed by atoms with Crippen LogP contribution in [0.3, 0.4) is 0 Å². The first kappa shape index (κ1) is 19.9. The molecule has 1 aliphatic carbocycles. The van der Waals surface area contributed by atoms with Crippen molar-refractivity contribution in [1.29, 1.82) is 0 Å². The fraction of sp³-hybridized carbons (Fsp3) is 0.400. The number of alkyl halides is 4. The van der Waals surface area contributed by atoms with Gasteiger partial charge in [0.05, 0.1) is 11.8 Å². The number of carbonyl (C=O) groups excluding carboxylic acids is 2. The van der Waals surface area contributed by atoms with Crippen LogP contribution >= 0.6 is 58.4 Å². The number of hydrogen-bond donors (Lipinski definition) is 0. The maximum Gasteiger partial charge on any atom is 0.243 e. The molecule has 2 aliphatic rings. The number of hydrogen-bond acceptors (Lipinski definition) is 4. The summed E-state index contributed by atoms with van der Waals surface area (Å²) in [5.74, 6) is -1.19. The van der Waals surface area contributed by atoms with Crippen molar-refractivity contribution in [3.05, 3.63) is 42.7 Å². The van der Waals surface area contributed by atoms with E-state index in [9.17, 15) is 9.59 Å². The van der Waals surface area contributed by atoms with Crippen LogP contribution in [0.15, 0.2) is 42.7 Å². The van der Waals surface area contributed by atoms with Crippen LogP contribution < -0.4 is 0 Å². The maximum absolute atomic E-state index is 12.1. The monoisotopic (exact) mass is 426 g/mol. The van der Waals surface area contributed by atoms with E-state index in [1.807, 2.05) is 30.4 Å². The minimum Gasteiger partial charge on any atom is -0.273 e. The van der Waals surface area contributed by atoms with Crippen LogP contribution in [0.4, 0.5) is 0 Å². The van der Waals surface area contributed by atoms with Crippen LogP contribution in [0.25, 0.3) is 0 Å². The van der Waals surface area contributed by atoms with Gasteiger partial charge in [0.1, 0.15) is 0 Å². The average Bonchev–Trinajstić information content (AvgIpc) is 2.82. The highest BCUT2D eigenvalue weighted by Crippen LogP contribution is 2.48. The van der Waals surface area contributed by atoms with Gasteiger partial charge in [-0.15, -0.1) is 23.2 Å². The van der Waals surface area contributed by atoms with Gasteiger partial charge in [-0.1, -0.05) is 41.4 Å². The lowest BCUT2D eigenvalue weighted by molar-refractivity contribution is -0.133. The Hall–Kier alpha value is -0.460. The molecule has 0 radical (unpaired) electrons. The fourth-order valence-electron chi connectivity index (χ4n) is 2.33. The molecule has 24 heavy (non-hydrogen) atoms. The smallest absolute Gasteiger partial charge is 0.243 e. The summed E-state index contributed by atoms with van der Waals surface area (Å²) in [6.07, 6.45) is 8.44. The first-order valence-corrected chi connectivity index (χ1v) is 9.47. The van der Waals surface area contributed by atoms with Gasteiger partial charge in [-0.05, 0) is 25.0 Å². The van der Waals surface area contributed by atoms with Gasteiger partial charge in [0, 0.05) is 24.3 Å². The largest absolute Gasteiger partial charge is 0.273 e. The van der Waals surface area contributed by atoms with E-state index in [-0.39, 0.29) is 23.7 Å². The molecule has 0 saturated carbocycles. The molecule has 1 fully saturated rings. The zero-order chi connectivity index (χ0) is 17.7. The molecule has 2 amide bonds. The third-order valence-electron chi connectivity index (χ3n) is 3.50. The summed E-state index contributed by atoms with van der Waals surface area (Å²) in [5.41, 5.74) is 0. The summed E-state index contributed by atoms with van der Waals surface area (Å²) in [4.78, 5) is 26.9. The van der Waals surface area contributed by atoms with E-state index in [1.54, 1.807) is 12.4 Å². The second-order valence-electron chi connectivity index (χ2n) is 5.10. The molecule has 2 heterocycles. The first-order valence-electron chi connectivity index (χ1n) is 7.07. The summed E-state index contributed by atoms with van der Waals surface area (Å²) < 4.78 is -0.630. The Morgan fingerprint density at radius 3 is 1.88 bits per heavy atom. The van der Waals surface area contributed by atoms with Crippen LogP contribution in [0, 0.1) is 11.8 Å². The number of imide groups is 1. The third-order valence-corrected chi connectivity index (χ3v) is 6.73. The number of amides is 2. The van der Waals surface area contributed by atoms with Crippen molar-refractivity contribution >= 4 is 70.2 Å². The Morgan fingerprint density at radius 1 is 1.04 bits per heavy atom. The molecule has 9 heteroatoms. The molecular weight excluding hydrogens is 414 g/mol. The Kier molecular flexibility index (Phi) is 7.25. The molecule has 0 N–H and O–H groups in total. The molecule has 0 spiro atoms. The number of allylic oxidation sites excluding steroid dienone is 2. The molecular formula is C15H14Cl4N2O2S. The van der Waals surface area contributed by atoms with Crippen LogP contribution in [-0.4, -0.2) is 29.6 Å². The van der Waals surface area contributed by atoms with E-state index >= 15 is 0 Å². The molecule has 1 aliphatic heterocycles. The lowest BCUT2D eigenvalue weighted by atomic mass is 9.85. The van der Waals surface area contributed by atoms with E-state index in [4.69, 9.17) is 46.4 Å². The SMILES string of the molecule is O=C1C2CC=CCC2C(=O)N1SC(Cl)(Cl)C(Cl)Cl.c1ccncc1. The zero-order valence-corrected chi connectivity index (χ0v) is 16.2. The number of nitrogens with zero attached hydrogens (tertiary/aromatic N) is 2. The average molecular weight is 428 g/mol. The van der Waals surface area contributed by atoms with Crippen molar-refractivity contribution in [1.82, 2.24) is 9.29 Å². The molecule has 4 nitrogen and oxygen atoms in total. The van der Waals surface area contributed by atoms with Crippen molar-refractivity contribution in [2.75, 3.05) is 0 Å². The fourth-order valence-corrected chi connectivity index (χ4v) is 3.76. The van der Waals surface area contributed by atoms with Gasteiger partial charge in [-0.25, -0.2) is 4.31 Å². The molecule has 1 aromatic heterocycles. The van der Waals surface area contributed by atoms with Crippen LogP contribution in [-0.2, 0) is 9.59 Å². The second-order valence-corrected chi connectivity index (χ2v) is 9.23. The normalized spacial score (nSPS) is 23.1. The Morgan fingerprint density at radius 2 is 1.54 bits per heavy atom. The van der Waals surface area contributed by atoms with Crippen LogP contribution in [0.5, 0.6) is 0 Å². The third kappa shape index (κ3) is 4.79. The van der Waals surface area contributed by atoms with Gasteiger partial charge in [0.25, 0.3) is 0 Å². The second kappa shape index (κ2) is 8.77. The van der Waals surface area contributed by atoms with Crippen LogP contribution in [0.1, 0.15) is 12.8 Å². The molecule has 1 aromatic rings. The first-order chi connectivity index (χ1) is 11.3. The lowest BCUT2D eigenvalue weighted by Crippen LogP contribution is -2.31. The van der Waals surface area contributed by atoms with Crippen molar-refractivity contribution in [3.8, 4) is 0 Å². The van der Waals surface area contributed by atoms with E-state index in [1.165, 1.54) is 0 Å². The summed E-state index contributed by atoms with van der Waals surface area (Å²) in [6, 6.07) is 5.72. The lowest BCUT2D eigenvalue weighted by Gasteiger charge is -2.24. The standard InChI is InChI=1S/C10H9Cl4NO2S.C5H5N/c11-9(12)10(13,14)18-15-7(16)5-3-1-2-4-6(5)8(15)17;1-2-4-6-5-3-1/h1-2,5-6,9H,3-4H2;1-5H. The molecule has 0 bridgehead atoms. The van der Waals surface area contributed by atoms with Gasteiger partial charge >= 0.3 is 0 Å². The highest BCUT2D eigenvalue weighted by atomic mass is 35.5. The minimum atomic E-state index is -1.63. The van der Waals surface area contributed by atoms with Crippen molar-refractivity contribution in [3.63, 3.8) is 0 Å². The molecule has 1 saturated heterocycles. The molecule has 2 unspecified atom stereocenters. The van der Waals surface area contributed by atoms with E-state index in [0.29, 0.717) is 24.8 Å². The van der Waals surface area contributed by atoms with E-state index in [2.05, 4.69) is 4.98 Å². The summed E-state index contributed by atoms with van der Waals surface area (Å²) in [7, 11) is 0. The van der Waals surface area contributed by atoms with Gasteiger partial charge in [-0.3, -0.25) is 14.6 Å². The van der Waals surface area contributed by atoms with Gasteiger partial charge in [0.15, 0.2) is 4.84 Å². The highest BCUT2D eigenvalue weighted by molar-refractivity contribution is 8.02. The van der Waals surface area contributed by atoms with E-state index in [0.717, 1.165) is 4.31 Å². The Bertz CT molecular complexity index is 560. The van der Waals surface area contributed by atoms with Gasteiger partial charge < -0.3 is 0 Å². The minimum absolute atomic E-state index is 0.279. The van der Waals surface area contributed by atoms with Crippen molar-refractivity contribution < 1.29 is 9.59 Å². The summed E-state index contributed by atoms with van der Waals surface area (Å²) >= 11 is 23.7. The Balaban J connectivity index is 0.000000292. The number of fused-ring (bicyclic) bond motifs is 1. The van der Waals surface area contributed by atoms with Crippen molar-refractivity contribution in [2.45, 2.75) is 21.3 Å². The molecule has 3 rings (SSSR count).